The van der Waals surface area contributed by atoms with Crippen LogP contribution in [0.4, 0.5) is 5.13 Å². The number of ether oxygens (including phenoxy) is 1. The van der Waals surface area contributed by atoms with E-state index in [0.717, 1.165) is 11.3 Å². The molecule has 0 radical (unpaired) electrons. The van der Waals surface area contributed by atoms with E-state index in [9.17, 15) is 13.2 Å². The topological polar surface area (TPSA) is 88.6 Å². The van der Waals surface area contributed by atoms with Gasteiger partial charge in [0.05, 0.1) is 17.7 Å². The zero-order valence-electron chi connectivity index (χ0n) is 18.9. The van der Waals surface area contributed by atoms with Crippen LogP contribution < -0.4 is 10.1 Å². The van der Waals surface area contributed by atoms with E-state index in [4.69, 9.17) is 4.74 Å². The molecule has 4 rings (SSSR count). The lowest BCUT2D eigenvalue weighted by atomic mass is 9.97. The molecule has 0 aliphatic carbocycles. The highest BCUT2D eigenvalue weighted by Crippen LogP contribution is 2.29. The standard InChI is InChI=1S/C24H27N3O4S2/c1-16-4-5-19(14-17(16)2)22-15-32-24(25-22)26-23(28)18-10-12-27(13-11-18)33(29,30)21-8-6-20(31-3)7-9-21/h4-9,14-15,18H,10-13H2,1-3H3,(H,25,26,28). The van der Waals surface area contributed by atoms with Crippen molar-refractivity contribution in [3.8, 4) is 17.0 Å². The Morgan fingerprint density at radius 2 is 1.79 bits per heavy atom. The molecule has 0 atom stereocenters. The summed E-state index contributed by atoms with van der Waals surface area (Å²) < 4.78 is 32.4. The van der Waals surface area contributed by atoms with Crippen LogP contribution in [0.1, 0.15) is 24.0 Å². The molecule has 33 heavy (non-hydrogen) atoms. The van der Waals surface area contributed by atoms with Gasteiger partial charge in [-0.15, -0.1) is 11.3 Å². The summed E-state index contributed by atoms with van der Waals surface area (Å²) in [7, 11) is -2.06. The van der Waals surface area contributed by atoms with Crippen LogP contribution in [-0.4, -0.2) is 43.8 Å². The van der Waals surface area contributed by atoms with Crippen LogP contribution in [0.3, 0.4) is 0 Å². The first-order valence-electron chi connectivity index (χ1n) is 10.8. The Morgan fingerprint density at radius 3 is 2.42 bits per heavy atom. The van der Waals surface area contributed by atoms with Crippen LogP contribution in [0.25, 0.3) is 11.3 Å². The second-order valence-corrected chi connectivity index (χ2v) is 11.0. The smallest absolute Gasteiger partial charge is 0.243 e. The zero-order chi connectivity index (χ0) is 23.6. The van der Waals surface area contributed by atoms with Gasteiger partial charge in [0.2, 0.25) is 15.9 Å². The molecule has 7 nitrogen and oxygen atoms in total. The Bertz CT molecular complexity index is 1240. The van der Waals surface area contributed by atoms with Crippen molar-refractivity contribution >= 4 is 32.4 Å². The molecule has 1 fully saturated rings. The average molecular weight is 486 g/mol. The highest BCUT2D eigenvalue weighted by molar-refractivity contribution is 7.89. The summed E-state index contributed by atoms with van der Waals surface area (Å²) >= 11 is 1.39. The molecule has 2 heterocycles. The first kappa shape index (κ1) is 23.4. The maximum atomic E-state index is 12.9. The number of hydrogen-bond acceptors (Lipinski definition) is 6. The van der Waals surface area contributed by atoms with Crippen LogP contribution in [0, 0.1) is 19.8 Å². The van der Waals surface area contributed by atoms with Crippen LogP contribution in [0.15, 0.2) is 52.7 Å². The van der Waals surface area contributed by atoms with Crippen molar-refractivity contribution in [1.29, 1.82) is 0 Å². The molecule has 9 heteroatoms. The number of amides is 1. The molecule has 1 aliphatic rings. The predicted octanol–water partition coefficient (Wildman–Crippen LogP) is 4.47. The molecular formula is C24H27N3O4S2. The Balaban J connectivity index is 1.36. The third-order valence-electron chi connectivity index (χ3n) is 6.06. The van der Waals surface area contributed by atoms with Crippen LogP contribution in [-0.2, 0) is 14.8 Å². The molecule has 0 unspecified atom stereocenters. The number of hydrogen-bond donors (Lipinski definition) is 1. The number of thiazole rings is 1. The minimum atomic E-state index is -3.59. The van der Waals surface area contributed by atoms with Gasteiger partial charge in [0.25, 0.3) is 0 Å². The number of piperidine rings is 1. The fraction of sp³-hybridized carbons (Fsp3) is 0.333. The maximum Gasteiger partial charge on any atom is 0.243 e. The van der Waals surface area contributed by atoms with Crippen molar-refractivity contribution in [2.75, 3.05) is 25.5 Å². The molecular weight excluding hydrogens is 458 g/mol. The molecule has 0 bridgehead atoms. The number of aryl methyl sites for hydroxylation is 2. The average Bonchev–Trinajstić information content (AvgIpc) is 3.29. The summed E-state index contributed by atoms with van der Waals surface area (Å²) in [5, 5.41) is 5.40. The summed E-state index contributed by atoms with van der Waals surface area (Å²) in [6.45, 7) is 4.74. The minimum absolute atomic E-state index is 0.113. The summed E-state index contributed by atoms with van der Waals surface area (Å²) in [6, 6.07) is 12.5. The van der Waals surface area contributed by atoms with Gasteiger partial charge < -0.3 is 10.1 Å². The van der Waals surface area contributed by atoms with Gasteiger partial charge in [0, 0.05) is 30.0 Å². The first-order valence-corrected chi connectivity index (χ1v) is 13.1. The Hall–Kier alpha value is -2.75. The highest BCUT2D eigenvalue weighted by Gasteiger charge is 2.32. The van der Waals surface area contributed by atoms with Crippen molar-refractivity contribution in [2.24, 2.45) is 5.92 Å². The number of benzene rings is 2. The lowest BCUT2D eigenvalue weighted by Crippen LogP contribution is -2.41. The van der Waals surface area contributed by atoms with Crippen LogP contribution in [0.5, 0.6) is 5.75 Å². The van der Waals surface area contributed by atoms with Crippen molar-refractivity contribution in [1.82, 2.24) is 9.29 Å². The molecule has 174 valence electrons. The van der Waals surface area contributed by atoms with Crippen LogP contribution in [0.2, 0.25) is 0 Å². The van der Waals surface area contributed by atoms with Gasteiger partial charge >= 0.3 is 0 Å². The number of nitrogens with one attached hydrogen (secondary N) is 1. The molecule has 1 aliphatic heterocycles. The summed E-state index contributed by atoms with van der Waals surface area (Å²) in [5.74, 6) is 0.242. The van der Waals surface area contributed by atoms with Crippen molar-refractivity contribution < 1.29 is 17.9 Å². The molecule has 1 aromatic heterocycles. The van der Waals surface area contributed by atoms with Gasteiger partial charge in [-0.05, 0) is 68.1 Å². The SMILES string of the molecule is COc1ccc(S(=O)(=O)N2CCC(C(=O)Nc3nc(-c4ccc(C)c(C)c4)cs3)CC2)cc1. The van der Waals surface area contributed by atoms with E-state index in [1.165, 1.54) is 33.9 Å². The number of carbonyl (C=O) groups is 1. The van der Waals surface area contributed by atoms with E-state index in [1.807, 2.05) is 11.4 Å². The van der Waals surface area contributed by atoms with Crippen molar-refractivity contribution in [2.45, 2.75) is 31.6 Å². The highest BCUT2D eigenvalue weighted by atomic mass is 32.2. The molecule has 0 spiro atoms. The van der Waals surface area contributed by atoms with E-state index in [0.29, 0.717) is 36.8 Å². The number of nitrogens with zero attached hydrogens (tertiary/aromatic N) is 2. The molecule has 1 N–H and O–H groups in total. The number of sulfonamides is 1. The van der Waals surface area contributed by atoms with E-state index in [-0.39, 0.29) is 16.7 Å². The van der Waals surface area contributed by atoms with Gasteiger partial charge in [-0.3, -0.25) is 4.79 Å². The second kappa shape index (κ2) is 9.62. The largest absolute Gasteiger partial charge is 0.497 e. The van der Waals surface area contributed by atoms with Crippen molar-refractivity contribution in [3.63, 3.8) is 0 Å². The molecule has 3 aromatic rings. The quantitative estimate of drug-likeness (QED) is 0.556. The molecule has 1 saturated heterocycles. The van der Waals surface area contributed by atoms with Gasteiger partial charge in [0.1, 0.15) is 5.75 Å². The number of anilines is 1. The number of carbonyl (C=O) groups excluding carboxylic acids is 1. The Labute approximate surface area is 198 Å². The van der Waals surface area contributed by atoms with Gasteiger partial charge in [0.15, 0.2) is 5.13 Å². The summed E-state index contributed by atoms with van der Waals surface area (Å²) in [6.07, 6.45) is 0.938. The summed E-state index contributed by atoms with van der Waals surface area (Å²) in [4.78, 5) is 17.6. The normalized spacial score (nSPS) is 15.4. The maximum absolute atomic E-state index is 12.9. The lowest BCUT2D eigenvalue weighted by molar-refractivity contribution is -0.120. The fourth-order valence-electron chi connectivity index (χ4n) is 3.83. The lowest BCUT2D eigenvalue weighted by Gasteiger charge is -2.30. The fourth-order valence-corrected chi connectivity index (χ4v) is 6.02. The predicted molar refractivity (Wildman–Crippen MR) is 130 cm³/mol. The van der Waals surface area contributed by atoms with Gasteiger partial charge in [-0.2, -0.15) is 4.31 Å². The third kappa shape index (κ3) is 5.10. The van der Waals surface area contributed by atoms with Crippen LogP contribution >= 0.6 is 11.3 Å². The molecule has 1 amide bonds. The molecule has 0 saturated carbocycles. The zero-order valence-corrected chi connectivity index (χ0v) is 20.5. The van der Waals surface area contributed by atoms with E-state index >= 15 is 0 Å². The van der Waals surface area contributed by atoms with E-state index in [1.54, 1.807) is 24.3 Å². The first-order chi connectivity index (χ1) is 15.8. The Kier molecular flexibility index (Phi) is 6.83. The summed E-state index contributed by atoms with van der Waals surface area (Å²) in [5.41, 5.74) is 4.27. The second-order valence-electron chi connectivity index (χ2n) is 8.18. The molecule has 2 aromatic carbocycles. The minimum Gasteiger partial charge on any atom is -0.497 e. The van der Waals surface area contributed by atoms with Gasteiger partial charge in [-0.1, -0.05) is 12.1 Å². The van der Waals surface area contributed by atoms with E-state index in [2.05, 4.69) is 36.3 Å². The number of rotatable bonds is 6. The number of aromatic nitrogens is 1. The number of methoxy groups -OCH3 is 1. The monoisotopic (exact) mass is 485 g/mol. The Morgan fingerprint density at radius 1 is 1.09 bits per heavy atom. The third-order valence-corrected chi connectivity index (χ3v) is 8.73. The van der Waals surface area contributed by atoms with Gasteiger partial charge in [-0.25, -0.2) is 13.4 Å². The van der Waals surface area contributed by atoms with E-state index < -0.39 is 10.0 Å². The van der Waals surface area contributed by atoms with Crippen molar-refractivity contribution in [3.05, 3.63) is 59.0 Å².